The number of nitro benzene ring substituents is 1. The molecule has 1 heterocycles. The van der Waals surface area contributed by atoms with Crippen LogP contribution in [0.3, 0.4) is 0 Å². The first-order valence-corrected chi connectivity index (χ1v) is 9.79. The van der Waals surface area contributed by atoms with Crippen LogP contribution in [0.1, 0.15) is 22.3 Å². The van der Waals surface area contributed by atoms with E-state index in [9.17, 15) is 15.2 Å². The zero-order valence-corrected chi connectivity index (χ0v) is 17.7. The maximum absolute atomic E-state index is 12.3. The highest BCUT2D eigenvalue weighted by atomic mass is 35.5. The van der Waals surface area contributed by atoms with Gasteiger partial charge in [-0.05, 0) is 73.0 Å². The third-order valence-corrected chi connectivity index (χ3v) is 5.18. The lowest BCUT2D eigenvalue weighted by atomic mass is 10.1. The van der Waals surface area contributed by atoms with E-state index in [2.05, 4.69) is 9.98 Å². The number of benzene rings is 3. The van der Waals surface area contributed by atoms with E-state index in [-0.39, 0.29) is 10.6 Å². The zero-order valence-electron chi connectivity index (χ0n) is 17.0. The number of fused-ring (bicyclic) bond motifs is 1. The van der Waals surface area contributed by atoms with Crippen LogP contribution in [0.2, 0.25) is 5.02 Å². The van der Waals surface area contributed by atoms with Crippen molar-refractivity contribution in [2.45, 2.75) is 20.8 Å². The second-order valence-electron chi connectivity index (χ2n) is 7.26. The number of oxazole rings is 1. The van der Waals surface area contributed by atoms with Gasteiger partial charge in [-0.3, -0.25) is 15.1 Å². The van der Waals surface area contributed by atoms with E-state index in [1.54, 1.807) is 12.1 Å². The molecule has 8 heteroatoms. The van der Waals surface area contributed by atoms with Gasteiger partial charge in [0.2, 0.25) is 5.89 Å². The Hall–Kier alpha value is -3.71. The topological polar surface area (TPSA) is 105 Å². The average Bonchev–Trinajstić information content (AvgIpc) is 3.13. The number of nitrogens with zero attached hydrogens (tertiary/aromatic N) is 3. The van der Waals surface area contributed by atoms with Gasteiger partial charge in [-0.25, -0.2) is 4.98 Å². The van der Waals surface area contributed by atoms with Crippen LogP contribution in [-0.4, -0.2) is 16.1 Å². The number of aryl methyl sites for hydroxylation is 2. The molecule has 0 bridgehead atoms. The lowest BCUT2D eigenvalue weighted by Gasteiger charge is -2.11. The SMILES string of the molecule is Cc1cc(C)c2oc(-c3cccc(N=Cc4cc(Cl)cc([N+](=O)[O-])c4[O-])c3C)nc2c1. The lowest BCUT2D eigenvalue weighted by Crippen LogP contribution is -2.02. The minimum Gasteiger partial charge on any atom is -0.867 e. The van der Waals surface area contributed by atoms with Crippen molar-refractivity contribution >= 4 is 40.3 Å². The van der Waals surface area contributed by atoms with Gasteiger partial charge in [-0.1, -0.05) is 23.7 Å². The van der Waals surface area contributed by atoms with Crippen LogP contribution in [0.15, 0.2) is 51.9 Å². The Balaban J connectivity index is 1.76. The van der Waals surface area contributed by atoms with Gasteiger partial charge >= 0.3 is 0 Å². The van der Waals surface area contributed by atoms with E-state index in [0.29, 0.717) is 11.6 Å². The average molecular weight is 435 g/mol. The summed E-state index contributed by atoms with van der Waals surface area (Å²) in [7, 11) is 0. The number of aliphatic imine (C=N–C) groups is 1. The zero-order chi connectivity index (χ0) is 22.3. The Kier molecular flexibility index (Phi) is 5.20. The summed E-state index contributed by atoms with van der Waals surface area (Å²) in [6.07, 6.45) is 1.28. The van der Waals surface area contributed by atoms with Crippen LogP contribution >= 0.6 is 11.6 Å². The predicted octanol–water partition coefficient (Wildman–Crippen LogP) is 5.81. The number of aromatic nitrogens is 1. The standard InChI is InChI=1S/C23H18ClN3O4/c1-12-7-13(2)22-19(8-12)26-23(31-22)17-5-4-6-18(14(17)3)25-11-15-9-16(24)10-20(21(15)28)27(29)30/h4-11,28H,1-3H3/p-1. The monoisotopic (exact) mass is 434 g/mol. The molecule has 0 saturated carbocycles. The highest BCUT2D eigenvalue weighted by Crippen LogP contribution is 2.34. The Morgan fingerprint density at radius 3 is 2.68 bits per heavy atom. The molecule has 0 saturated heterocycles. The summed E-state index contributed by atoms with van der Waals surface area (Å²) in [6, 6.07) is 11.8. The number of rotatable bonds is 4. The van der Waals surface area contributed by atoms with Crippen LogP contribution in [0.5, 0.6) is 5.75 Å². The fourth-order valence-electron chi connectivity index (χ4n) is 3.46. The van der Waals surface area contributed by atoms with Gasteiger partial charge < -0.3 is 9.52 Å². The van der Waals surface area contributed by atoms with Gasteiger partial charge in [-0.2, -0.15) is 0 Å². The highest BCUT2D eigenvalue weighted by Gasteiger charge is 2.15. The molecule has 4 aromatic rings. The van der Waals surface area contributed by atoms with Gasteiger partial charge in [0, 0.05) is 22.9 Å². The third kappa shape index (κ3) is 3.87. The van der Waals surface area contributed by atoms with Crippen molar-refractivity contribution in [2.75, 3.05) is 0 Å². The molecule has 7 nitrogen and oxygen atoms in total. The normalized spacial score (nSPS) is 11.5. The quantitative estimate of drug-likeness (QED) is 0.229. The fraction of sp³-hybridized carbons (Fsp3) is 0.130. The molecule has 0 fully saturated rings. The number of halogens is 1. The van der Waals surface area contributed by atoms with Crippen molar-refractivity contribution in [3.63, 3.8) is 0 Å². The molecular formula is C23H17ClN3O4-. The number of hydrogen-bond acceptors (Lipinski definition) is 6. The van der Waals surface area contributed by atoms with E-state index >= 15 is 0 Å². The van der Waals surface area contributed by atoms with Crippen molar-refractivity contribution in [1.82, 2.24) is 4.98 Å². The van der Waals surface area contributed by atoms with Gasteiger partial charge in [0.1, 0.15) is 5.52 Å². The molecular weight excluding hydrogens is 418 g/mol. The molecule has 0 spiro atoms. The predicted molar refractivity (Wildman–Crippen MR) is 118 cm³/mol. The second kappa shape index (κ2) is 7.85. The van der Waals surface area contributed by atoms with Crippen molar-refractivity contribution in [3.8, 4) is 17.2 Å². The molecule has 0 aliphatic carbocycles. The first-order valence-electron chi connectivity index (χ1n) is 9.41. The molecule has 0 atom stereocenters. The van der Waals surface area contributed by atoms with Gasteiger partial charge in [0.15, 0.2) is 5.58 Å². The van der Waals surface area contributed by atoms with E-state index < -0.39 is 16.4 Å². The Morgan fingerprint density at radius 1 is 1.16 bits per heavy atom. The maximum Gasteiger partial charge on any atom is 0.263 e. The lowest BCUT2D eigenvalue weighted by molar-refractivity contribution is -0.398. The van der Waals surface area contributed by atoms with Crippen LogP contribution in [0.4, 0.5) is 11.4 Å². The largest absolute Gasteiger partial charge is 0.867 e. The molecule has 0 aliphatic rings. The maximum atomic E-state index is 12.3. The summed E-state index contributed by atoms with van der Waals surface area (Å²) in [5, 5.41) is 23.5. The highest BCUT2D eigenvalue weighted by molar-refractivity contribution is 6.31. The molecule has 0 N–H and O–H groups in total. The van der Waals surface area contributed by atoms with E-state index in [1.165, 1.54) is 12.3 Å². The van der Waals surface area contributed by atoms with Crippen LogP contribution < -0.4 is 5.11 Å². The molecule has 156 valence electrons. The minimum atomic E-state index is -0.756. The number of hydrogen-bond donors (Lipinski definition) is 0. The number of nitro groups is 1. The molecule has 0 aliphatic heterocycles. The molecule has 0 amide bonds. The molecule has 0 radical (unpaired) electrons. The third-order valence-electron chi connectivity index (χ3n) is 4.96. The smallest absolute Gasteiger partial charge is 0.263 e. The molecule has 31 heavy (non-hydrogen) atoms. The summed E-state index contributed by atoms with van der Waals surface area (Å²) in [5.41, 5.74) is 5.21. The van der Waals surface area contributed by atoms with Crippen molar-refractivity contribution in [2.24, 2.45) is 4.99 Å². The van der Waals surface area contributed by atoms with Gasteiger partial charge in [0.25, 0.3) is 5.69 Å². The second-order valence-corrected chi connectivity index (χ2v) is 7.69. The van der Waals surface area contributed by atoms with Gasteiger partial charge in [0.05, 0.1) is 10.6 Å². The van der Waals surface area contributed by atoms with E-state index in [0.717, 1.165) is 39.4 Å². The first kappa shape index (κ1) is 20.6. The Labute approximate surface area is 182 Å². The van der Waals surface area contributed by atoms with Crippen LogP contribution in [-0.2, 0) is 0 Å². The minimum absolute atomic E-state index is 0.0389. The first-order chi connectivity index (χ1) is 14.7. The van der Waals surface area contributed by atoms with Crippen molar-refractivity contribution < 1.29 is 14.4 Å². The Bertz CT molecular complexity index is 1380. The summed E-state index contributed by atoms with van der Waals surface area (Å²) in [6.45, 7) is 5.85. The summed E-state index contributed by atoms with van der Waals surface area (Å²) in [5.74, 6) is -0.266. The summed E-state index contributed by atoms with van der Waals surface area (Å²) >= 11 is 5.92. The van der Waals surface area contributed by atoms with Crippen molar-refractivity contribution in [3.05, 3.63) is 79.9 Å². The van der Waals surface area contributed by atoms with Crippen LogP contribution in [0, 0.1) is 30.9 Å². The van der Waals surface area contributed by atoms with E-state index in [4.69, 9.17) is 16.0 Å². The summed E-state index contributed by atoms with van der Waals surface area (Å²) < 4.78 is 6.01. The van der Waals surface area contributed by atoms with Gasteiger partial charge in [-0.15, -0.1) is 0 Å². The van der Waals surface area contributed by atoms with Crippen molar-refractivity contribution in [1.29, 1.82) is 0 Å². The Morgan fingerprint density at radius 2 is 1.94 bits per heavy atom. The molecule has 1 aromatic heterocycles. The molecule has 3 aromatic carbocycles. The molecule has 4 rings (SSSR count). The fourth-order valence-corrected chi connectivity index (χ4v) is 3.68. The summed E-state index contributed by atoms with van der Waals surface area (Å²) in [4.78, 5) is 19.3. The molecule has 0 unspecified atom stereocenters. The van der Waals surface area contributed by atoms with Crippen LogP contribution in [0.25, 0.3) is 22.6 Å². The van der Waals surface area contributed by atoms with E-state index in [1.807, 2.05) is 39.0 Å².